The molecule has 0 aromatic rings. The minimum absolute atomic E-state index is 0.0279. The average Bonchev–Trinajstić information content (AvgIpc) is 2.28. The predicted octanol–water partition coefficient (Wildman–Crippen LogP) is 2.67. The van der Waals surface area contributed by atoms with E-state index in [0.717, 1.165) is 24.6 Å². The van der Waals surface area contributed by atoms with Crippen LogP contribution >= 0.6 is 0 Å². The summed E-state index contributed by atoms with van der Waals surface area (Å²) in [6.07, 6.45) is 1.95. The zero-order chi connectivity index (χ0) is 13.1. The monoisotopic (exact) mass is 240 g/mol. The van der Waals surface area contributed by atoms with E-state index in [4.69, 9.17) is 14.5 Å². The highest BCUT2D eigenvalue weighted by Gasteiger charge is 2.38. The van der Waals surface area contributed by atoms with Crippen LogP contribution in [0.3, 0.4) is 0 Å². The number of aliphatic imine (C=N–C) groups is 2. The lowest BCUT2D eigenvalue weighted by Crippen LogP contribution is -2.44. The molecule has 4 heteroatoms. The fourth-order valence-corrected chi connectivity index (χ4v) is 2.20. The third-order valence-electron chi connectivity index (χ3n) is 3.10. The zero-order valence-electron chi connectivity index (χ0n) is 11.8. The van der Waals surface area contributed by atoms with Gasteiger partial charge in [-0.25, -0.2) is 9.98 Å². The van der Waals surface area contributed by atoms with Gasteiger partial charge in [0.15, 0.2) is 0 Å². The molecule has 0 fully saturated rings. The molecule has 0 radical (unpaired) electrons. The van der Waals surface area contributed by atoms with Gasteiger partial charge in [-0.3, -0.25) is 0 Å². The molecule has 0 aliphatic carbocycles. The fraction of sp³-hybridized carbons (Fsp3) is 0.846. The van der Waals surface area contributed by atoms with Crippen LogP contribution in [0.15, 0.2) is 9.98 Å². The quantitative estimate of drug-likeness (QED) is 0.761. The van der Waals surface area contributed by atoms with Gasteiger partial charge in [0, 0.05) is 0 Å². The summed E-state index contributed by atoms with van der Waals surface area (Å²) >= 11 is 0. The molecule has 1 aliphatic heterocycles. The Morgan fingerprint density at radius 2 is 1.94 bits per heavy atom. The number of ether oxygens (including phenoxy) is 2. The highest BCUT2D eigenvalue weighted by Crippen LogP contribution is 2.28. The second-order valence-corrected chi connectivity index (χ2v) is 5.01. The molecule has 0 unspecified atom stereocenters. The summed E-state index contributed by atoms with van der Waals surface area (Å²) in [5.74, 6) is 1.79. The van der Waals surface area contributed by atoms with Gasteiger partial charge in [-0.1, -0.05) is 27.2 Å². The van der Waals surface area contributed by atoms with Gasteiger partial charge in [0.05, 0.1) is 14.2 Å². The Morgan fingerprint density at radius 1 is 1.29 bits per heavy atom. The van der Waals surface area contributed by atoms with Crippen molar-refractivity contribution in [2.75, 3.05) is 14.2 Å². The van der Waals surface area contributed by atoms with Gasteiger partial charge in [0.2, 0.25) is 11.8 Å². The topological polar surface area (TPSA) is 43.2 Å². The molecule has 17 heavy (non-hydrogen) atoms. The van der Waals surface area contributed by atoms with Crippen LogP contribution in [-0.4, -0.2) is 37.6 Å². The van der Waals surface area contributed by atoms with Crippen molar-refractivity contribution in [1.29, 1.82) is 0 Å². The Hall–Kier alpha value is -1.06. The first-order chi connectivity index (χ1) is 7.98. The van der Waals surface area contributed by atoms with Crippen molar-refractivity contribution in [3.8, 4) is 0 Å². The third-order valence-corrected chi connectivity index (χ3v) is 3.10. The van der Waals surface area contributed by atoms with E-state index in [-0.39, 0.29) is 11.6 Å². The summed E-state index contributed by atoms with van der Waals surface area (Å²) < 4.78 is 10.8. The molecule has 1 rings (SSSR count). The van der Waals surface area contributed by atoms with Crippen molar-refractivity contribution in [3.63, 3.8) is 0 Å². The summed E-state index contributed by atoms with van der Waals surface area (Å²) in [7, 11) is 3.32. The Morgan fingerprint density at radius 3 is 2.35 bits per heavy atom. The maximum atomic E-state index is 5.42. The smallest absolute Gasteiger partial charge is 0.212 e. The van der Waals surface area contributed by atoms with E-state index in [9.17, 15) is 0 Å². The fourth-order valence-electron chi connectivity index (χ4n) is 2.20. The molecule has 1 heterocycles. The Bertz CT molecular complexity index is 323. The van der Waals surface area contributed by atoms with E-state index < -0.39 is 0 Å². The lowest BCUT2D eigenvalue weighted by molar-refractivity contribution is 0.304. The van der Waals surface area contributed by atoms with Crippen LogP contribution in [0, 0.1) is 5.92 Å². The van der Waals surface area contributed by atoms with Crippen LogP contribution in [0.4, 0.5) is 0 Å². The molecular formula is C13H24N2O2. The highest BCUT2D eigenvalue weighted by molar-refractivity contribution is 5.96. The number of rotatable bonds is 3. The molecule has 0 saturated heterocycles. The summed E-state index contributed by atoms with van der Waals surface area (Å²) in [5.41, 5.74) is -0.375. The number of nitrogens with zero attached hydrogens (tertiary/aromatic N) is 2. The third kappa shape index (κ3) is 2.79. The van der Waals surface area contributed by atoms with Crippen LogP contribution in [0.5, 0.6) is 0 Å². The van der Waals surface area contributed by atoms with E-state index in [1.807, 2.05) is 0 Å². The summed E-state index contributed by atoms with van der Waals surface area (Å²) in [4.78, 5) is 9.38. The van der Waals surface area contributed by atoms with Crippen LogP contribution in [0.1, 0.15) is 40.5 Å². The van der Waals surface area contributed by atoms with Crippen molar-refractivity contribution in [2.24, 2.45) is 15.9 Å². The first kappa shape index (κ1) is 14.0. The van der Waals surface area contributed by atoms with Gasteiger partial charge in [-0.2, -0.15) is 0 Å². The van der Waals surface area contributed by atoms with E-state index in [1.165, 1.54) is 0 Å². The highest BCUT2D eigenvalue weighted by atomic mass is 16.5. The maximum Gasteiger partial charge on any atom is 0.212 e. The molecular weight excluding hydrogens is 216 g/mol. The molecule has 2 atom stereocenters. The lowest BCUT2D eigenvalue weighted by atomic mass is 9.93. The molecule has 0 spiro atoms. The van der Waals surface area contributed by atoms with Gasteiger partial charge >= 0.3 is 0 Å². The van der Waals surface area contributed by atoms with Gasteiger partial charge in [0.1, 0.15) is 11.6 Å². The zero-order valence-corrected chi connectivity index (χ0v) is 11.8. The van der Waals surface area contributed by atoms with Gasteiger partial charge in [-0.15, -0.1) is 0 Å². The van der Waals surface area contributed by atoms with E-state index in [1.54, 1.807) is 14.2 Å². The second kappa shape index (κ2) is 5.52. The Kier molecular flexibility index (Phi) is 4.54. The molecule has 0 N–H and O–H groups in total. The van der Waals surface area contributed by atoms with E-state index in [2.05, 4.69) is 32.7 Å². The van der Waals surface area contributed by atoms with Crippen LogP contribution in [0.25, 0.3) is 0 Å². The Labute approximate surface area is 104 Å². The standard InChI is InChI=1S/C13H24N2O2/c1-7-8-13(4)12(17-6)14-10(9(2)3)11(15-13)16-5/h9-10H,7-8H2,1-6H3/t10-,13+/m1/s1. The Balaban J connectivity index is 3.10. The average molecular weight is 240 g/mol. The van der Waals surface area contributed by atoms with E-state index >= 15 is 0 Å². The van der Waals surface area contributed by atoms with Crippen molar-refractivity contribution < 1.29 is 9.47 Å². The minimum Gasteiger partial charge on any atom is -0.483 e. The van der Waals surface area contributed by atoms with Gasteiger partial charge < -0.3 is 9.47 Å². The number of hydrogen-bond acceptors (Lipinski definition) is 4. The molecule has 1 aliphatic rings. The van der Waals surface area contributed by atoms with Crippen molar-refractivity contribution in [1.82, 2.24) is 0 Å². The molecule has 0 saturated carbocycles. The van der Waals surface area contributed by atoms with Crippen LogP contribution < -0.4 is 0 Å². The van der Waals surface area contributed by atoms with Gasteiger partial charge in [-0.05, 0) is 19.3 Å². The normalized spacial score (nSPS) is 28.8. The molecule has 98 valence electrons. The predicted molar refractivity (Wildman–Crippen MR) is 70.8 cm³/mol. The molecule has 0 aromatic heterocycles. The summed E-state index contributed by atoms with van der Waals surface area (Å²) in [6, 6.07) is -0.0279. The summed E-state index contributed by atoms with van der Waals surface area (Å²) in [6.45, 7) is 8.40. The number of methoxy groups -OCH3 is 2. The van der Waals surface area contributed by atoms with Crippen molar-refractivity contribution >= 4 is 11.8 Å². The van der Waals surface area contributed by atoms with Crippen LogP contribution in [0.2, 0.25) is 0 Å². The van der Waals surface area contributed by atoms with Crippen LogP contribution in [-0.2, 0) is 9.47 Å². The van der Waals surface area contributed by atoms with E-state index in [0.29, 0.717) is 5.92 Å². The molecule has 0 amide bonds. The first-order valence-corrected chi connectivity index (χ1v) is 6.24. The number of hydrogen-bond donors (Lipinski definition) is 0. The van der Waals surface area contributed by atoms with Crippen molar-refractivity contribution in [2.45, 2.75) is 52.1 Å². The molecule has 4 nitrogen and oxygen atoms in total. The maximum absolute atomic E-state index is 5.42. The van der Waals surface area contributed by atoms with Crippen molar-refractivity contribution in [3.05, 3.63) is 0 Å². The summed E-state index contributed by atoms with van der Waals surface area (Å²) in [5, 5.41) is 0. The largest absolute Gasteiger partial charge is 0.483 e. The lowest BCUT2D eigenvalue weighted by Gasteiger charge is -2.33. The molecule has 0 aromatic carbocycles. The molecule has 0 bridgehead atoms. The minimum atomic E-state index is -0.375. The van der Waals surface area contributed by atoms with Gasteiger partial charge in [0.25, 0.3) is 0 Å². The first-order valence-electron chi connectivity index (χ1n) is 6.24. The SMILES string of the molecule is CCC[C@]1(C)N=C(OC)[C@@H](C(C)C)N=C1OC. The second-order valence-electron chi connectivity index (χ2n) is 5.01.